The number of amides is 1. The molecule has 0 spiro atoms. The third-order valence-electron chi connectivity index (χ3n) is 1.02. The fourth-order valence-corrected chi connectivity index (χ4v) is 0.624. The lowest BCUT2D eigenvalue weighted by Gasteiger charge is -2.22. The Kier molecular flexibility index (Phi) is 3.89. The van der Waals surface area contributed by atoms with Gasteiger partial charge in [-0.3, -0.25) is 4.79 Å². The van der Waals surface area contributed by atoms with Crippen LogP contribution < -0.4 is 11.1 Å². The number of nitrogens with two attached hydrogens (primary N) is 1. The maximum atomic E-state index is 11.1. The zero-order valence-corrected chi connectivity index (χ0v) is 8.11. The molecule has 0 radical (unpaired) electrons. The number of thiol groups is 1. The first-order chi connectivity index (χ1) is 4.87. The Balaban J connectivity index is 3.88. The predicted molar refractivity (Wildman–Crippen MR) is 49.7 cm³/mol. The van der Waals surface area contributed by atoms with Crippen LogP contribution in [-0.2, 0) is 4.79 Å². The van der Waals surface area contributed by atoms with E-state index in [9.17, 15) is 4.79 Å². The largest absolute Gasteiger partial charge is 0.351 e. The molecule has 4 heteroatoms. The molecule has 0 saturated carbocycles. The first kappa shape index (κ1) is 10.8. The van der Waals surface area contributed by atoms with Gasteiger partial charge in [0.15, 0.2) is 0 Å². The van der Waals surface area contributed by atoms with E-state index in [4.69, 9.17) is 5.73 Å². The molecular formula is C7H16N2OS. The van der Waals surface area contributed by atoms with Crippen LogP contribution >= 0.6 is 12.6 Å². The fraction of sp³-hybridized carbons (Fsp3) is 0.857. The van der Waals surface area contributed by atoms with Crippen molar-refractivity contribution in [3.05, 3.63) is 0 Å². The van der Waals surface area contributed by atoms with Crippen LogP contribution in [0.4, 0.5) is 0 Å². The molecule has 1 amide bonds. The Morgan fingerprint density at radius 3 is 2.36 bits per heavy atom. The van der Waals surface area contributed by atoms with Crippen LogP contribution in [0.25, 0.3) is 0 Å². The Morgan fingerprint density at radius 2 is 2.09 bits per heavy atom. The molecule has 0 rings (SSSR count). The van der Waals surface area contributed by atoms with Gasteiger partial charge in [-0.05, 0) is 20.8 Å². The number of rotatable bonds is 2. The van der Waals surface area contributed by atoms with Crippen molar-refractivity contribution in [1.29, 1.82) is 0 Å². The highest BCUT2D eigenvalue weighted by Gasteiger charge is 2.18. The van der Waals surface area contributed by atoms with Crippen LogP contribution in [0.2, 0.25) is 0 Å². The zero-order chi connectivity index (χ0) is 9.07. The lowest BCUT2D eigenvalue weighted by Crippen LogP contribution is -2.46. The molecule has 0 aromatic carbocycles. The summed E-state index contributed by atoms with van der Waals surface area (Å²) in [5.74, 6) is -0.108. The number of carbonyl (C=O) groups is 1. The van der Waals surface area contributed by atoms with Gasteiger partial charge in [0.25, 0.3) is 0 Å². The predicted octanol–water partition coefficient (Wildman–Crippen LogP) is 0.158. The van der Waals surface area contributed by atoms with Gasteiger partial charge in [-0.1, -0.05) is 0 Å². The molecule has 0 aliphatic rings. The lowest BCUT2D eigenvalue weighted by atomic mass is 10.1. The fourth-order valence-electron chi connectivity index (χ4n) is 0.560. The van der Waals surface area contributed by atoms with Crippen LogP contribution in [0, 0.1) is 0 Å². The molecule has 0 aliphatic heterocycles. The Morgan fingerprint density at radius 1 is 1.64 bits per heavy atom. The van der Waals surface area contributed by atoms with E-state index in [1.807, 2.05) is 20.8 Å². The maximum Gasteiger partial charge on any atom is 0.234 e. The minimum absolute atomic E-state index is 0.108. The number of hydrogen-bond donors (Lipinski definition) is 3. The average Bonchev–Trinajstić information content (AvgIpc) is 1.82. The van der Waals surface area contributed by atoms with E-state index < -0.39 is 5.25 Å². The van der Waals surface area contributed by atoms with Crippen molar-refractivity contribution in [3.8, 4) is 0 Å². The second-order valence-electron chi connectivity index (χ2n) is 3.49. The molecule has 11 heavy (non-hydrogen) atoms. The van der Waals surface area contributed by atoms with Crippen LogP contribution in [0.3, 0.4) is 0 Å². The van der Waals surface area contributed by atoms with Gasteiger partial charge in [0, 0.05) is 12.1 Å². The molecule has 0 aliphatic carbocycles. The molecule has 3 nitrogen and oxygen atoms in total. The highest BCUT2D eigenvalue weighted by atomic mass is 32.1. The summed E-state index contributed by atoms with van der Waals surface area (Å²) in [6, 6.07) is 0. The molecule has 1 unspecified atom stereocenters. The van der Waals surface area contributed by atoms with Gasteiger partial charge in [0.05, 0.1) is 5.25 Å². The Hall–Kier alpha value is -0.220. The monoisotopic (exact) mass is 176 g/mol. The summed E-state index contributed by atoms with van der Waals surface area (Å²) in [5.41, 5.74) is 5.05. The summed E-state index contributed by atoms with van der Waals surface area (Å²) in [6.07, 6.45) is 0. The molecule has 1 atom stereocenters. The molecule has 0 aromatic rings. The molecule has 0 saturated heterocycles. The highest BCUT2D eigenvalue weighted by Crippen LogP contribution is 2.01. The van der Waals surface area contributed by atoms with Crippen molar-refractivity contribution >= 4 is 18.5 Å². The van der Waals surface area contributed by atoms with E-state index >= 15 is 0 Å². The quantitative estimate of drug-likeness (QED) is 0.525. The van der Waals surface area contributed by atoms with Crippen molar-refractivity contribution in [2.45, 2.75) is 31.6 Å². The summed E-state index contributed by atoms with van der Waals surface area (Å²) >= 11 is 4.00. The van der Waals surface area contributed by atoms with Gasteiger partial charge in [-0.25, -0.2) is 0 Å². The topological polar surface area (TPSA) is 55.1 Å². The van der Waals surface area contributed by atoms with Gasteiger partial charge < -0.3 is 11.1 Å². The van der Waals surface area contributed by atoms with E-state index in [-0.39, 0.29) is 18.0 Å². The normalized spacial score (nSPS) is 14.3. The first-order valence-corrected chi connectivity index (χ1v) is 4.08. The zero-order valence-electron chi connectivity index (χ0n) is 7.22. The number of nitrogens with one attached hydrogen (secondary N) is 1. The van der Waals surface area contributed by atoms with Gasteiger partial charge >= 0.3 is 0 Å². The van der Waals surface area contributed by atoms with Gasteiger partial charge in [0.1, 0.15) is 0 Å². The van der Waals surface area contributed by atoms with E-state index in [0.29, 0.717) is 0 Å². The minimum atomic E-state index is -0.394. The van der Waals surface area contributed by atoms with E-state index in [2.05, 4.69) is 17.9 Å². The lowest BCUT2D eigenvalue weighted by molar-refractivity contribution is -0.121. The molecule has 0 fully saturated rings. The van der Waals surface area contributed by atoms with E-state index in [1.54, 1.807) is 0 Å². The smallest absolute Gasteiger partial charge is 0.234 e. The molecule has 0 aromatic heterocycles. The second-order valence-corrected chi connectivity index (χ2v) is 4.11. The van der Waals surface area contributed by atoms with Gasteiger partial charge in [-0.2, -0.15) is 12.6 Å². The van der Waals surface area contributed by atoms with Crippen molar-refractivity contribution in [2.75, 3.05) is 6.54 Å². The molecule has 66 valence electrons. The summed E-state index contributed by atoms with van der Waals surface area (Å²) in [6.45, 7) is 6.02. The van der Waals surface area contributed by atoms with Gasteiger partial charge in [-0.15, -0.1) is 0 Å². The molecule has 3 N–H and O–H groups in total. The van der Waals surface area contributed by atoms with Crippen LogP contribution in [0.15, 0.2) is 0 Å². The van der Waals surface area contributed by atoms with Crippen molar-refractivity contribution < 1.29 is 4.79 Å². The van der Waals surface area contributed by atoms with E-state index in [0.717, 1.165) is 0 Å². The Labute approximate surface area is 73.1 Å². The summed E-state index contributed by atoms with van der Waals surface area (Å²) in [5, 5.41) is 2.38. The number of carbonyl (C=O) groups excluding carboxylic acids is 1. The minimum Gasteiger partial charge on any atom is -0.351 e. The Bertz CT molecular complexity index is 142. The first-order valence-electron chi connectivity index (χ1n) is 3.57. The molecule has 0 heterocycles. The van der Waals surface area contributed by atoms with Crippen LogP contribution in [0.1, 0.15) is 20.8 Å². The van der Waals surface area contributed by atoms with Gasteiger partial charge in [0.2, 0.25) is 5.91 Å². The van der Waals surface area contributed by atoms with Crippen molar-refractivity contribution in [1.82, 2.24) is 5.32 Å². The standard InChI is InChI=1S/C7H16N2OS/c1-7(2,3)9-6(10)5(11)4-8/h5,11H,4,8H2,1-3H3,(H,9,10). The van der Waals surface area contributed by atoms with Crippen molar-refractivity contribution in [3.63, 3.8) is 0 Å². The van der Waals surface area contributed by atoms with Crippen LogP contribution in [0.5, 0.6) is 0 Å². The van der Waals surface area contributed by atoms with Crippen molar-refractivity contribution in [2.24, 2.45) is 5.73 Å². The third-order valence-corrected chi connectivity index (χ3v) is 1.47. The molecular weight excluding hydrogens is 160 g/mol. The summed E-state index contributed by atoms with van der Waals surface area (Å²) in [4.78, 5) is 11.1. The third kappa shape index (κ3) is 5.09. The molecule has 0 bridgehead atoms. The average molecular weight is 176 g/mol. The SMILES string of the molecule is CC(C)(C)NC(=O)C(S)CN. The summed E-state index contributed by atoms with van der Waals surface area (Å²) < 4.78 is 0. The maximum absolute atomic E-state index is 11.1. The highest BCUT2D eigenvalue weighted by molar-refractivity contribution is 7.81. The number of hydrogen-bond acceptors (Lipinski definition) is 3. The second kappa shape index (κ2) is 3.97. The van der Waals surface area contributed by atoms with Crippen LogP contribution in [-0.4, -0.2) is 23.2 Å². The summed E-state index contributed by atoms with van der Waals surface area (Å²) in [7, 11) is 0. The van der Waals surface area contributed by atoms with E-state index in [1.165, 1.54) is 0 Å².